The summed E-state index contributed by atoms with van der Waals surface area (Å²) in [6, 6.07) is 6.35. The highest BCUT2D eigenvalue weighted by atomic mass is 15.2. The van der Waals surface area contributed by atoms with Crippen LogP contribution in [0.25, 0.3) is 0 Å². The Bertz CT molecular complexity index is 394. The van der Waals surface area contributed by atoms with E-state index in [1.807, 2.05) is 0 Å². The summed E-state index contributed by atoms with van der Waals surface area (Å²) in [6.45, 7) is 9.02. The number of hydrogen-bond acceptors (Lipinski definition) is 2. The zero-order valence-electron chi connectivity index (χ0n) is 11.3. The zero-order valence-corrected chi connectivity index (χ0v) is 11.3. The van der Waals surface area contributed by atoms with Gasteiger partial charge in [0.25, 0.3) is 0 Å². The first-order chi connectivity index (χ1) is 8.12. The second-order valence-corrected chi connectivity index (χ2v) is 5.39. The summed E-state index contributed by atoms with van der Waals surface area (Å²) in [5, 5.41) is 0. The summed E-state index contributed by atoms with van der Waals surface area (Å²) in [4.78, 5) is 2.47. The minimum Gasteiger partial charge on any atom is -0.397 e. The molecule has 1 aromatic rings. The predicted molar refractivity (Wildman–Crippen MR) is 75.4 cm³/mol. The lowest BCUT2D eigenvalue weighted by Crippen LogP contribution is -2.26. The van der Waals surface area contributed by atoms with E-state index in [1.165, 1.54) is 30.5 Å². The Kier molecular flexibility index (Phi) is 3.32. The van der Waals surface area contributed by atoms with Gasteiger partial charge in [0.2, 0.25) is 0 Å². The van der Waals surface area contributed by atoms with Crippen molar-refractivity contribution in [1.29, 1.82) is 0 Å². The van der Waals surface area contributed by atoms with E-state index in [1.54, 1.807) is 0 Å². The summed E-state index contributed by atoms with van der Waals surface area (Å²) < 4.78 is 0. The highest BCUT2D eigenvalue weighted by molar-refractivity contribution is 5.71. The van der Waals surface area contributed by atoms with E-state index in [0.717, 1.165) is 18.8 Å². The van der Waals surface area contributed by atoms with Crippen LogP contribution in [0.15, 0.2) is 18.2 Å². The maximum Gasteiger partial charge on any atom is 0.0602 e. The minimum atomic E-state index is 0.510. The van der Waals surface area contributed by atoms with Crippen molar-refractivity contribution in [2.45, 2.75) is 40.0 Å². The molecule has 2 heteroatoms. The van der Waals surface area contributed by atoms with Gasteiger partial charge in [-0.2, -0.15) is 0 Å². The normalized spacial score (nSPS) is 18.6. The molecule has 1 heterocycles. The van der Waals surface area contributed by atoms with Crippen molar-refractivity contribution in [3.8, 4) is 0 Å². The van der Waals surface area contributed by atoms with Gasteiger partial charge in [-0.3, -0.25) is 0 Å². The highest BCUT2D eigenvalue weighted by Crippen LogP contribution is 2.40. The van der Waals surface area contributed by atoms with Crippen LogP contribution in [-0.4, -0.2) is 13.1 Å². The maximum atomic E-state index is 6.19. The molecule has 1 fully saturated rings. The Morgan fingerprint density at radius 1 is 1.29 bits per heavy atom. The predicted octanol–water partition coefficient (Wildman–Crippen LogP) is 3.59. The average molecular weight is 232 g/mol. The molecule has 0 saturated carbocycles. The van der Waals surface area contributed by atoms with Crippen molar-refractivity contribution in [2.24, 2.45) is 5.41 Å². The monoisotopic (exact) mass is 232 g/mol. The van der Waals surface area contributed by atoms with Gasteiger partial charge in [0.15, 0.2) is 0 Å². The van der Waals surface area contributed by atoms with Crippen molar-refractivity contribution in [1.82, 2.24) is 0 Å². The Labute approximate surface area is 105 Å². The molecule has 0 aliphatic carbocycles. The van der Waals surface area contributed by atoms with Gasteiger partial charge >= 0.3 is 0 Å². The maximum absolute atomic E-state index is 6.19. The third-order valence-electron chi connectivity index (χ3n) is 4.58. The third kappa shape index (κ3) is 2.13. The number of rotatable bonds is 3. The van der Waals surface area contributed by atoms with Crippen LogP contribution in [0.3, 0.4) is 0 Å². The number of nitrogens with zero attached hydrogens (tertiary/aromatic N) is 1. The second kappa shape index (κ2) is 4.59. The van der Waals surface area contributed by atoms with Crippen LogP contribution < -0.4 is 10.6 Å². The molecule has 0 atom stereocenters. The number of para-hydroxylation sites is 1. The van der Waals surface area contributed by atoms with Gasteiger partial charge in [0.1, 0.15) is 0 Å². The van der Waals surface area contributed by atoms with Crippen LogP contribution >= 0.6 is 0 Å². The number of hydrogen-bond donors (Lipinski definition) is 1. The quantitative estimate of drug-likeness (QED) is 0.807. The van der Waals surface area contributed by atoms with Crippen LogP contribution in [0.5, 0.6) is 0 Å². The fourth-order valence-electron chi connectivity index (χ4n) is 2.91. The Balaban J connectivity index is 2.23. The molecule has 2 rings (SSSR count). The third-order valence-corrected chi connectivity index (χ3v) is 4.58. The van der Waals surface area contributed by atoms with E-state index < -0.39 is 0 Å². The molecule has 0 bridgehead atoms. The summed E-state index contributed by atoms with van der Waals surface area (Å²) in [6.07, 6.45) is 3.84. The van der Waals surface area contributed by atoms with Crippen molar-refractivity contribution < 1.29 is 0 Å². The van der Waals surface area contributed by atoms with Gasteiger partial charge in [-0.15, -0.1) is 0 Å². The lowest BCUT2D eigenvalue weighted by atomic mass is 9.82. The van der Waals surface area contributed by atoms with Crippen LogP contribution in [0, 0.1) is 12.3 Å². The topological polar surface area (TPSA) is 29.3 Å². The summed E-state index contributed by atoms with van der Waals surface area (Å²) in [5.41, 5.74) is 10.1. The Hall–Kier alpha value is -1.18. The lowest BCUT2D eigenvalue weighted by molar-refractivity contribution is 0.301. The smallest absolute Gasteiger partial charge is 0.0602 e. The van der Waals surface area contributed by atoms with Crippen molar-refractivity contribution in [3.05, 3.63) is 23.8 Å². The Morgan fingerprint density at radius 3 is 2.59 bits per heavy atom. The van der Waals surface area contributed by atoms with Crippen molar-refractivity contribution in [2.75, 3.05) is 23.7 Å². The zero-order chi connectivity index (χ0) is 12.5. The summed E-state index contributed by atoms with van der Waals surface area (Å²) in [5.74, 6) is 0. The van der Waals surface area contributed by atoms with Crippen molar-refractivity contribution in [3.63, 3.8) is 0 Å². The van der Waals surface area contributed by atoms with E-state index in [0.29, 0.717) is 5.41 Å². The van der Waals surface area contributed by atoms with E-state index in [9.17, 15) is 0 Å². The van der Waals surface area contributed by atoms with Gasteiger partial charge in [0, 0.05) is 13.1 Å². The molecule has 94 valence electrons. The first-order valence-corrected chi connectivity index (χ1v) is 6.72. The number of nitrogens with two attached hydrogens (primary N) is 1. The van der Waals surface area contributed by atoms with Gasteiger partial charge in [-0.05, 0) is 43.2 Å². The molecule has 0 unspecified atom stereocenters. The van der Waals surface area contributed by atoms with Crippen LogP contribution in [0.2, 0.25) is 0 Å². The van der Waals surface area contributed by atoms with Gasteiger partial charge in [-0.25, -0.2) is 0 Å². The number of nitrogen functional groups attached to an aromatic ring is 1. The molecular formula is C15H24N2. The molecule has 1 aromatic carbocycles. The van der Waals surface area contributed by atoms with Gasteiger partial charge in [0.05, 0.1) is 11.4 Å². The van der Waals surface area contributed by atoms with E-state index in [4.69, 9.17) is 5.73 Å². The molecule has 1 aliphatic heterocycles. The van der Waals surface area contributed by atoms with E-state index in [-0.39, 0.29) is 0 Å². The van der Waals surface area contributed by atoms with E-state index >= 15 is 0 Å². The lowest BCUT2D eigenvalue weighted by Gasteiger charge is -2.28. The second-order valence-electron chi connectivity index (χ2n) is 5.39. The summed E-state index contributed by atoms with van der Waals surface area (Å²) >= 11 is 0. The average Bonchev–Trinajstić information content (AvgIpc) is 2.78. The van der Waals surface area contributed by atoms with Crippen LogP contribution in [0.1, 0.15) is 38.7 Å². The standard InChI is InChI=1S/C15H24N2/c1-4-15(5-2)9-10-17(11-15)13-8-6-7-12(3)14(13)16/h6-8H,4-5,9-11,16H2,1-3H3. The minimum absolute atomic E-state index is 0.510. The van der Waals surface area contributed by atoms with Crippen LogP contribution in [0.4, 0.5) is 11.4 Å². The number of aryl methyl sites for hydroxylation is 1. The molecular weight excluding hydrogens is 208 g/mol. The molecule has 2 nitrogen and oxygen atoms in total. The molecule has 1 saturated heterocycles. The highest BCUT2D eigenvalue weighted by Gasteiger charge is 2.35. The molecule has 0 radical (unpaired) electrons. The SMILES string of the molecule is CCC1(CC)CCN(c2cccc(C)c2N)C1. The molecule has 0 spiro atoms. The van der Waals surface area contributed by atoms with Gasteiger partial charge < -0.3 is 10.6 Å². The molecule has 0 amide bonds. The largest absolute Gasteiger partial charge is 0.397 e. The van der Waals surface area contributed by atoms with Gasteiger partial charge in [-0.1, -0.05) is 26.0 Å². The first-order valence-electron chi connectivity index (χ1n) is 6.72. The fourth-order valence-corrected chi connectivity index (χ4v) is 2.91. The molecule has 0 aromatic heterocycles. The number of anilines is 2. The van der Waals surface area contributed by atoms with E-state index in [2.05, 4.69) is 43.9 Å². The fraction of sp³-hybridized carbons (Fsp3) is 0.600. The Morgan fingerprint density at radius 2 is 2.00 bits per heavy atom. The van der Waals surface area contributed by atoms with Crippen LogP contribution in [-0.2, 0) is 0 Å². The molecule has 2 N–H and O–H groups in total. The molecule has 1 aliphatic rings. The molecule has 17 heavy (non-hydrogen) atoms. The number of benzene rings is 1. The van der Waals surface area contributed by atoms with Crippen molar-refractivity contribution >= 4 is 11.4 Å². The first kappa shape index (κ1) is 12.3. The summed E-state index contributed by atoms with van der Waals surface area (Å²) in [7, 11) is 0.